The first kappa shape index (κ1) is 9.97. The summed E-state index contributed by atoms with van der Waals surface area (Å²) in [5.41, 5.74) is 0. The van der Waals surface area contributed by atoms with Gasteiger partial charge >= 0.3 is 18.9 Å². The molecule has 0 saturated heterocycles. The zero-order chi connectivity index (χ0) is 6.85. The summed E-state index contributed by atoms with van der Waals surface area (Å²) in [4.78, 5) is 0. The normalized spacial score (nSPS) is 8.70. The molecule has 0 N–H and O–H groups in total. The van der Waals surface area contributed by atoms with E-state index in [0.29, 0.717) is 6.07 Å². The summed E-state index contributed by atoms with van der Waals surface area (Å²) in [6.07, 6.45) is 0. The van der Waals surface area contributed by atoms with Gasteiger partial charge in [-0.3, -0.25) is 8.78 Å². The van der Waals surface area contributed by atoms with Crippen molar-refractivity contribution in [3.63, 3.8) is 0 Å². The molecule has 1 aromatic rings. The summed E-state index contributed by atoms with van der Waals surface area (Å²) in [6.45, 7) is 0. The minimum atomic E-state index is -0.781. The van der Waals surface area contributed by atoms with Crippen LogP contribution in [-0.4, -0.2) is 0 Å². The standard InChI is InChI=1S/C6H2ClF2.Li/c7-5-2-1-4(8)3-6(5)9;/h1,3H;/q-1;+1. The molecule has 0 nitrogen and oxygen atoms in total. The van der Waals surface area contributed by atoms with Gasteiger partial charge in [0, 0.05) is 11.6 Å². The van der Waals surface area contributed by atoms with E-state index in [1.807, 2.05) is 0 Å². The van der Waals surface area contributed by atoms with Gasteiger partial charge in [0.15, 0.2) is 0 Å². The van der Waals surface area contributed by atoms with Gasteiger partial charge < -0.3 is 0 Å². The van der Waals surface area contributed by atoms with E-state index in [9.17, 15) is 8.78 Å². The molecular weight excluding hydrogens is 152 g/mol. The molecule has 0 aliphatic carbocycles. The Hall–Kier alpha value is -0.0326. The molecule has 0 spiro atoms. The topological polar surface area (TPSA) is 0 Å². The number of hydrogen-bond donors (Lipinski definition) is 0. The van der Waals surface area contributed by atoms with E-state index in [2.05, 4.69) is 6.07 Å². The molecule has 0 amide bonds. The first-order chi connectivity index (χ1) is 4.20. The van der Waals surface area contributed by atoms with E-state index in [-0.39, 0.29) is 23.9 Å². The van der Waals surface area contributed by atoms with Gasteiger partial charge in [0.25, 0.3) is 0 Å². The van der Waals surface area contributed by atoms with Crippen LogP contribution in [0.1, 0.15) is 0 Å². The Labute approximate surface area is 74.4 Å². The molecule has 0 aliphatic rings. The van der Waals surface area contributed by atoms with Crippen LogP contribution in [0, 0.1) is 17.7 Å². The summed E-state index contributed by atoms with van der Waals surface area (Å²) in [6, 6.07) is 3.87. The van der Waals surface area contributed by atoms with Gasteiger partial charge in [-0.15, -0.1) is 23.7 Å². The largest absolute Gasteiger partial charge is 1.00 e. The fraction of sp³-hybridized carbons (Fsp3) is 0. The van der Waals surface area contributed by atoms with Gasteiger partial charge in [-0.2, -0.15) is 6.07 Å². The second-order valence-corrected chi connectivity index (χ2v) is 1.86. The molecule has 0 radical (unpaired) electrons. The van der Waals surface area contributed by atoms with Gasteiger partial charge in [0.2, 0.25) is 0 Å². The molecule has 1 rings (SSSR count). The minimum Gasteiger partial charge on any atom is -0.284 e. The number of benzene rings is 1. The monoisotopic (exact) mass is 154 g/mol. The van der Waals surface area contributed by atoms with Crippen LogP contribution in [0.3, 0.4) is 0 Å². The van der Waals surface area contributed by atoms with Crippen LogP contribution >= 0.6 is 11.6 Å². The van der Waals surface area contributed by atoms with E-state index in [1.165, 1.54) is 0 Å². The smallest absolute Gasteiger partial charge is 0.284 e. The van der Waals surface area contributed by atoms with Crippen molar-refractivity contribution in [2.24, 2.45) is 0 Å². The predicted molar refractivity (Wildman–Crippen MR) is 30.2 cm³/mol. The fourth-order valence-electron chi connectivity index (χ4n) is 0.427. The molecule has 4 heteroatoms. The summed E-state index contributed by atoms with van der Waals surface area (Å²) >= 11 is 5.18. The molecule has 0 fully saturated rings. The van der Waals surface area contributed by atoms with Crippen LogP contribution < -0.4 is 18.9 Å². The average Bonchev–Trinajstić information content (AvgIpc) is 1.80. The maximum Gasteiger partial charge on any atom is 1.00 e. The van der Waals surface area contributed by atoms with E-state index >= 15 is 0 Å². The van der Waals surface area contributed by atoms with E-state index < -0.39 is 11.6 Å². The first-order valence-electron chi connectivity index (χ1n) is 2.22. The third-order valence-corrected chi connectivity index (χ3v) is 1.10. The maximum absolute atomic E-state index is 12.2. The van der Waals surface area contributed by atoms with Crippen LogP contribution in [0.15, 0.2) is 12.1 Å². The van der Waals surface area contributed by atoms with Crippen molar-refractivity contribution in [3.05, 3.63) is 34.9 Å². The molecule has 0 bridgehead atoms. The van der Waals surface area contributed by atoms with Crippen molar-refractivity contribution >= 4 is 11.6 Å². The Balaban J connectivity index is 0.000000810. The number of halogens is 3. The molecule has 0 unspecified atom stereocenters. The first-order valence-corrected chi connectivity index (χ1v) is 2.60. The quantitative estimate of drug-likeness (QED) is 0.267. The van der Waals surface area contributed by atoms with Gasteiger partial charge in [0.1, 0.15) is 0 Å². The second kappa shape index (κ2) is 3.97. The van der Waals surface area contributed by atoms with Crippen molar-refractivity contribution < 1.29 is 27.6 Å². The molecule has 1 aromatic carbocycles. The predicted octanol–water partition coefficient (Wildman–Crippen LogP) is -0.578. The molecule has 0 atom stereocenters. The Bertz CT molecular complexity index is 227. The Morgan fingerprint density at radius 1 is 1.40 bits per heavy atom. The van der Waals surface area contributed by atoms with Crippen LogP contribution in [0.2, 0.25) is 5.02 Å². The van der Waals surface area contributed by atoms with Gasteiger partial charge in [-0.05, 0) is 5.02 Å². The van der Waals surface area contributed by atoms with E-state index in [1.54, 1.807) is 0 Å². The van der Waals surface area contributed by atoms with Crippen molar-refractivity contribution in [3.8, 4) is 0 Å². The molecule has 0 heterocycles. The third-order valence-electron chi connectivity index (χ3n) is 0.811. The SMILES string of the molecule is Fc1c[c-]c(Cl)c(F)c1.[Li+]. The molecule has 0 aromatic heterocycles. The fourth-order valence-corrected chi connectivity index (χ4v) is 0.536. The zero-order valence-electron chi connectivity index (χ0n) is 5.29. The maximum atomic E-state index is 12.2. The summed E-state index contributed by atoms with van der Waals surface area (Å²) in [7, 11) is 0. The molecular formula is C6H2ClF2Li. The Morgan fingerprint density at radius 3 is 2.40 bits per heavy atom. The summed E-state index contributed by atoms with van der Waals surface area (Å²) < 4.78 is 24.2. The van der Waals surface area contributed by atoms with Crippen LogP contribution in [0.5, 0.6) is 0 Å². The number of rotatable bonds is 0. The van der Waals surface area contributed by atoms with E-state index in [0.717, 1.165) is 6.07 Å². The van der Waals surface area contributed by atoms with Crippen molar-refractivity contribution in [2.75, 3.05) is 0 Å². The molecule has 10 heavy (non-hydrogen) atoms. The summed E-state index contributed by atoms with van der Waals surface area (Å²) in [5, 5.41) is -0.184. The van der Waals surface area contributed by atoms with Gasteiger partial charge in [0.05, 0.1) is 0 Å². The van der Waals surface area contributed by atoms with Crippen LogP contribution in [0.4, 0.5) is 8.78 Å². The van der Waals surface area contributed by atoms with Gasteiger partial charge in [-0.25, -0.2) is 0 Å². The minimum absolute atomic E-state index is 0. The van der Waals surface area contributed by atoms with Crippen molar-refractivity contribution in [1.29, 1.82) is 0 Å². The molecule has 0 saturated carbocycles. The summed E-state index contributed by atoms with van der Waals surface area (Å²) in [5.74, 6) is -1.45. The molecule has 0 aliphatic heterocycles. The van der Waals surface area contributed by atoms with Gasteiger partial charge in [-0.1, -0.05) is 0 Å². The van der Waals surface area contributed by atoms with E-state index in [4.69, 9.17) is 11.6 Å². The van der Waals surface area contributed by atoms with Crippen molar-refractivity contribution in [1.82, 2.24) is 0 Å². The van der Waals surface area contributed by atoms with Crippen LogP contribution in [0.25, 0.3) is 0 Å². The third kappa shape index (κ3) is 2.30. The zero-order valence-corrected chi connectivity index (χ0v) is 6.04. The second-order valence-electron chi connectivity index (χ2n) is 1.48. The van der Waals surface area contributed by atoms with Crippen LogP contribution in [-0.2, 0) is 0 Å². The Morgan fingerprint density at radius 2 is 2.00 bits per heavy atom. The molecule has 48 valence electrons. The van der Waals surface area contributed by atoms with Crippen molar-refractivity contribution in [2.45, 2.75) is 0 Å². The average molecular weight is 154 g/mol. The Kier molecular flexibility index (Phi) is 3.96. The number of hydrogen-bond acceptors (Lipinski definition) is 0.